The van der Waals surface area contributed by atoms with Crippen molar-refractivity contribution in [3.63, 3.8) is 0 Å². The molecule has 0 saturated heterocycles. The van der Waals surface area contributed by atoms with Crippen molar-refractivity contribution in [2.75, 3.05) is 11.9 Å². The normalized spacial score (nSPS) is 12.6. The zero-order valence-corrected chi connectivity index (χ0v) is 10.8. The first-order valence-electron chi connectivity index (χ1n) is 6.31. The second-order valence-electron chi connectivity index (χ2n) is 4.56. The molecule has 1 aromatic heterocycles. The van der Waals surface area contributed by atoms with Gasteiger partial charge in [-0.05, 0) is 38.8 Å². The Kier molecular flexibility index (Phi) is 4.10. The van der Waals surface area contributed by atoms with Gasteiger partial charge in [-0.1, -0.05) is 12.1 Å². The van der Waals surface area contributed by atoms with Crippen LogP contribution in [0, 0.1) is 6.92 Å². The van der Waals surface area contributed by atoms with Crippen LogP contribution in [-0.2, 0) is 0 Å². The van der Waals surface area contributed by atoms with Crippen LogP contribution in [0.3, 0.4) is 0 Å². The lowest BCUT2D eigenvalue weighted by molar-refractivity contribution is 0.282. The van der Waals surface area contributed by atoms with Crippen LogP contribution in [0.25, 0.3) is 11.0 Å². The summed E-state index contributed by atoms with van der Waals surface area (Å²) in [6.07, 6.45) is 1.72. The summed E-state index contributed by atoms with van der Waals surface area (Å²) in [5, 5.41) is 12.2. The highest BCUT2D eigenvalue weighted by Crippen LogP contribution is 2.17. The first-order valence-corrected chi connectivity index (χ1v) is 6.31. The van der Waals surface area contributed by atoms with E-state index in [-0.39, 0.29) is 12.6 Å². The fourth-order valence-electron chi connectivity index (χ4n) is 1.93. The Labute approximate surface area is 107 Å². The third-order valence-electron chi connectivity index (χ3n) is 2.92. The van der Waals surface area contributed by atoms with Crippen molar-refractivity contribution >= 4 is 16.9 Å². The molecule has 0 bridgehead atoms. The van der Waals surface area contributed by atoms with Crippen LogP contribution in [0.5, 0.6) is 0 Å². The molecule has 2 aromatic rings. The molecular formula is C14H19N3O. The maximum absolute atomic E-state index is 8.82. The number of hydrogen-bond donors (Lipinski definition) is 2. The second kappa shape index (κ2) is 5.78. The Morgan fingerprint density at radius 2 is 1.89 bits per heavy atom. The Morgan fingerprint density at radius 1 is 1.22 bits per heavy atom. The van der Waals surface area contributed by atoms with E-state index in [1.54, 1.807) is 0 Å². The van der Waals surface area contributed by atoms with E-state index < -0.39 is 0 Å². The summed E-state index contributed by atoms with van der Waals surface area (Å²) < 4.78 is 0. The second-order valence-corrected chi connectivity index (χ2v) is 4.56. The number of anilines is 1. The lowest BCUT2D eigenvalue weighted by atomic mass is 10.2. The molecule has 1 unspecified atom stereocenters. The number of aliphatic hydroxyl groups is 1. The number of para-hydroxylation sites is 2. The molecule has 0 fully saturated rings. The van der Waals surface area contributed by atoms with Crippen molar-refractivity contribution in [1.82, 2.24) is 9.97 Å². The molecule has 0 amide bonds. The molecule has 4 nitrogen and oxygen atoms in total. The highest BCUT2D eigenvalue weighted by Gasteiger charge is 2.07. The number of fused-ring (bicyclic) bond motifs is 1. The zero-order chi connectivity index (χ0) is 13.0. The predicted octanol–water partition coefficient (Wildman–Crippen LogP) is 2.51. The summed E-state index contributed by atoms with van der Waals surface area (Å²) in [6.45, 7) is 4.28. The lowest BCUT2D eigenvalue weighted by Gasteiger charge is -2.15. The summed E-state index contributed by atoms with van der Waals surface area (Å²) >= 11 is 0. The Bertz CT molecular complexity index is 527. The number of benzene rings is 1. The molecule has 96 valence electrons. The zero-order valence-electron chi connectivity index (χ0n) is 10.8. The van der Waals surface area contributed by atoms with Gasteiger partial charge in [0.1, 0.15) is 5.82 Å². The molecule has 0 saturated carbocycles. The molecule has 1 atom stereocenters. The summed E-state index contributed by atoms with van der Waals surface area (Å²) in [6, 6.07) is 8.14. The van der Waals surface area contributed by atoms with Crippen LogP contribution in [0.15, 0.2) is 24.3 Å². The third-order valence-corrected chi connectivity index (χ3v) is 2.92. The van der Waals surface area contributed by atoms with Gasteiger partial charge in [-0.25, -0.2) is 9.97 Å². The molecule has 1 aromatic carbocycles. The van der Waals surface area contributed by atoms with E-state index in [2.05, 4.69) is 22.2 Å². The van der Waals surface area contributed by atoms with E-state index in [0.717, 1.165) is 35.4 Å². The summed E-state index contributed by atoms with van der Waals surface area (Å²) in [5.74, 6) is 0.833. The fraction of sp³-hybridized carbons (Fsp3) is 0.429. The average Bonchev–Trinajstić information content (AvgIpc) is 2.37. The van der Waals surface area contributed by atoms with Gasteiger partial charge < -0.3 is 10.4 Å². The molecule has 0 aliphatic rings. The van der Waals surface area contributed by atoms with Crippen molar-refractivity contribution in [1.29, 1.82) is 0 Å². The quantitative estimate of drug-likeness (QED) is 0.849. The molecule has 0 aliphatic carbocycles. The lowest BCUT2D eigenvalue weighted by Crippen LogP contribution is -2.17. The van der Waals surface area contributed by atoms with Gasteiger partial charge in [0.25, 0.3) is 0 Å². The largest absolute Gasteiger partial charge is 0.396 e. The van der Waals surface area contributed by atoms with E-state index in [1.165, 1.54) is 0 Å². The third kappa shape index (κ3) is 2.96. The van der Waals surface area contributed by atoms with Gasteiger partial charge in [-0.15, -0.1) is 0 Å². The van der Waals surface area contributed by atoms with Crippen molar-refractivity contribution in [3.8, 4) is 0 Å². The number of nitrogens with zero attached hydrogens (tertiary/aromatic N) is 2. The Balaban J connectivity index is 2.19. The summed E-state index contributed by atoms with van der Waals surface area (Å²) in [4.78, 5) is 9.12. The minimum absolute atomic E-state index is 0.231. The number of aliphatic hydroxyl groups excluding tert-OH is 1. The number of rotatable bonds is 5. The minimum Gasteiger partial charge on any atom is -0.396 e. The smallest absolute Gasteiger partial charge is 0.148 e. The van der Waals surface area contributed by atoms with Crippen LogP contribution in [-0.4, -0.2) is 27.7 Å². The SMILES string of the molecule is Cc1nc2ccccc2nc1NC(C)CCCO. The van der Waals surface area contributed by atoms with Crippen molar-refractivity contribution in [2.45, 2.75) is 32.7 Å². The molecule has 0 aliphatic heterocycles. The maximum atomic E-state index is 8.82. The molecule has 18 heavy (non-hydrogen) atoms. The van der Waals surface area contributed by atoms with Gasteiger partial charge in [0, 0.05) is 12.6 Å². The van der Waals surface area contributed by atoms with Gasteiger partial charge in [0.05, 0.1) is 16.7 Å². The van der Waals surface area contributed by atoms with Gasteiger partial charge in [-0.3, -0.25) is 0 Å². The monoisotopic (exact) mass is 245 g/mol. The van der Waals surface area contributed by atoms with E-state index in [1.807, 2.05) is 31.2 Å². The molecule has 0 spiro atoms. The molecular weight excluding hydrogens is 226 g/mol. The van der Waals surface area contributed by atoms with Gasteiger partial charge in [0.2, 0.25) is 0 Å². The van der Waals surface area contributed by atoms with Crippen molar-refractivity contribution in [3.05, 3.63) is 30.0 Å². The van der Waals surface area contributed by atoms with Crippen molar-refractivity contribution < 1.29 is 5.11 Å². The van der Waals surface area contributed by atoms with Crippen LogP contribution in [0.2, 0.25) is 0 Å². The minimum atomic E-state index is 0.231. The molecule has 2 rings (SSSR count). The Hall–Kier alpha value is -1.68. The number of aryl methyl sites for hydroxylation is 1. The van der Waals surface area contributed by atoms with Crippen LogP contribution in [0.4, 0.5) is 5.82 Å². The van der Waals surface area contributed by atoms with Crippen LogP contribution in [0.1, 0.15) is 25.5 Å². The van der Waals surface area contributed by atoms with E-state index in [4.69, 9.17) is 5.11 Å². The Morgan fingerprint density at radius 3 is 2.56 bits per heavy atom. The van der Waals surface area contributed by atoms with Crippen LogP contribution < -0.4 is 5.32 Å². The summed E-state index contributed by atoms with van der Waals surface area (Å²) in [5.41, 5.74) is 2.73. The number of hydrogen-bond acceptors (Lipinski definition) is 4. The molecule has 0 radical (unpaired) electrons. The highest BCUT2D eigenvalue weighted by molar-refractivity contribution is 5.76. The van der Waals surface area contributed by atoms with E-state index in [0.29, 0.717) is 0 Å². The predicted molar refractivity (Wildman–Crippen MR) is 73.7 cm³/mol. The topological polar surface area (TPSA) is 58.0 Å². The fourth-order valence-corrected chi connectivity index (χ4v) is 1.93. The molecule has 4 heteroatoms. The van der Waals surface area contributed by atoms with E-state index >= 15 is 0 Å². The molecule has 2 N–H and O–H groups in total. The van der Waals surface area contributed by atoms with Crippen molar-refractivity contribution in [2.24, 2.45) is 0 Å². The van der Waals surface area contributed by atoms with E-state index in [9.17, 15) is 0 Å². The molecule has 1 heterocycles. The first kappa shape index (κ1) is 12.8. The first-order chi connectivity index (χ1) is 8.70. The highest BCUT2D eigenvalue weighted by atomic mass is 16.2. The number of nitrogens with one attached hydrogen (secondary N) is 1. The average molecular weight is 245 g/mol. The number of aromatic nitrogens is 2. The van der Waals surface area contributed by atoms with Gasteiger partial charge >= 0.3 is 0 Å². The maximum Gasteiger partial charge on any atom is 0.148 e. The summed E-state index contributed by atoms with van der Waals surface area (Å²) in [7, 11) is 0. The van der Waals surface area contributed by atoms with Gasteiger partial charge in [0.15, 0.2) is 0 Å². The van der Waals surface area contributed by atoms with Gasteiger partial charge in [-0.2, -0.15) is 0 Å². The van der Waals surface area contributed by atoms with Crippen LogP contribution >= 0.6 is 0 Å². The standard InChI is InChI=1S/C14H19N3O/c1-10(6-5-9-18)15-14-11(2)16-12-7-3-4-8-13(12)17-14/h3-4,7-8,10,18H,5-6,9H2,1-2H3,(H,15,17).